The van der Waals surface area contributed by atoms with Gasteiger partial charge in [-0.3, -0.25) is 9.80 Å². The number of carbonyl (C=O) groups is 1. The summed E-state index contributed by atoms with van der Waals surface area (Å²) in [7, 11) is 5.36. The van der Waals surface area contributed by atoms with Crippen molar-refractivity contribution in [1.29, 1.82) is 0 Å². The van der Waals surface area contributed by atoms with Crippen LogP contribution in [0, 0.1) is 0 Å². The smallest absolute Gasteiger partial charge is 0.330 e. The van der Waals surface area contributed by atoms with Crippen LogP contribution >= 0.6 is 0 Å². The molecule has 184 valence electrons. The van der Waals surface area contributed by atoms with Gasteiger partial charge in [0.25, 0.3) is 0 Å². The Labute approximate surface area is 201 Å². The quantitative estimate of drug-likeness (QED) is 0.561. The van der Waals surface area contributed by atoms with Crippen molar-refractivity contribution in [3.63, 3.8) is 0 Å². The monoisotopic (exact) mass is 469 g/mol. The molecule has 2 amide bonds. The van der Waals surface area contributed by atoms with E-state index in [1.165, 1.54) is 0 Å². The van der Waals surface area contributed by atoms with Crippen molar-refractivity contribution in [3.8, 4) is 11.5 Å². The number of hydrogen-bond acceptors (Lipinski definition) is 8. The number of urea groups is 1. The maximum Gasteiger partial charge on any atom is 0.330 e. The lowest BCUT2D eigenvalue weighted by Crippen LogP contribution is -2.48. The Morgan fingerprint density at radius 1 is 1.06 bits per heavy atom. The molecule has 10 nitrogen and oxygen atoms in total. The number of carbonyl (C=O) groups excluding carboxylic acids is 1. The highest BCUT2D eigenvalue weighted by Gasteiger charge is 2.32. The molecule has 2 aliphatic heterocycles. The molecule has 0 radical (unpaired) electrons. The van der Waals surface area contributed by atoms with Crippen molar-refractivity contribution in [3.05, 3.63) is 30.0 Å². The number of methoxy groups -OCH3 is 2. The number of anilines is 3. The van der Waals surface area contributed by atoms with E-state index in [9.17, 15) is 4.79 Å². The lowest BCUT2D eigenvalue weighted by molar-refractivity contribution is 0.154. The van der Waals surface area contributed by atoms with Gasteiger partial charge in [0.2, 0.25) is 5.95 Å². The molecular weight excluding hydrogens is 434 g/mol. The largest absolute Gasteiger partial charge is 0.497 e. The summed E-state index contributed by atoms with van der Waals surface area (Å²) in [4.78, 5) is 30.8. The Hall–Kier alpha value is -3.11. The normalized spacial score (nSPS) is 17.0. The van der Waals surface area contributed by atoms with Gasteiger partial charge < -0.3 is 24.6 Å². The van der Waals surface area contributed by atoms with Crippen LogP contribution in [-0.2, 0) is 6.54 Å². The van der Waals surface area contributed by atoms with E-state index in [1.807, 2.05) is 25.3 Å². The van der Waals surface area contributed by atoms with Crippen molar-refractivity contribution < 1.29 is 14.3 Å². The second-order valence-corrected chi connectivity index (χ2v) is 8.65. The van der Waals surface area contributed by atoms with Gasteiger partial charge in [0.15, 0.2) is 0 Å². The number of aromatic nitrogens is 2. The summed E-state index contributed by atoms with van der Waals surface area (Å²) in [5.74, 6) is 2.47. The maximum atomic E-state index is 13.4. The fourth-order valence-electron chi connectivity index (χ4n) is 4.31. The zero-order valence-corrected chi connectivity index (χ0v) is 20.6. The van der Waals surface area contributed by atoms with E-state index in [0.29, 0.717) is 42.0 Å². The van der Waals surface area contributed by atoms with E-state index >= 15 is 0 Å². The summed E-state index contributed by atoms with van der Waals surface area (Å²) in [6.45, 7) is 9.18. The first-order valence-corrected chi connectivity index (χ1v) is 11.8. The fourth-order valence-corrected chi connectivity index (χ4v) is 4.31. The van der Waals surface area contributed by atoms with Gasteiger partial charge in [-0.25, -0.2) is 9.78 Å². The van der Waals surface area contributed by atoms with E-state index in [-0.39, 0.29) is 6.03 Å². The lowest BCUT2D eigenvalue weighted by Gasteiger charge is -2.35. The Morgan fingerprint density at radius 2 is 1.76 bits per heavy atom. The van der Waals surface area contributed by atoms with Crippen LogP contribution in [0.15, 0.2) is 24.4 Å². The average Bonchev–Trinajstić information content (AvgIpc) is 2.87. The summed E-state index contributed by atoms with van der Waals surface area (Å²) < 4.78 is 10.8. The maximum absolute atomic E-state index is 13.4. The molecule has 0 bridgehead atoms. The van der Waals surface area contributed by atoms with Crippen LogP contribution < -0.4 is 24.6 Å². The highest BCUT2D eigenvalue weighted by Crippen LogP contribution is 2.34. The van der Waals surface area contributed by atoms with Gasteiger partial charge >= 0.3 is 6.03 Å². The number of rotatable bonds is 9. The summed E-state index contributed by atoms with van der Waals surface area (Å²) in [5.41, 5.74) is 1.60. The molecular formula is C24H35N7O3. The number of hydrogen-bond donors (Lipinski definition) is 1. The number of likely N-dealkylation sites (N-methyl/N-ethyl adjacent to an activating group) is 1. The topological polar surface area (TPSA) is 86.3 Å². The molecule has 0 unspecified atom stereocenters. The highest BCUT2D eigenvalue weighted by molar-refractivity contribution is 6.05. The van der Waals surface area contributed by atoms with Crippen LogP contribution in [0.3, 0.4) is 0 Å². The van der Waals surface area contributed by atoms with Gasteiger partial charge in [-0.2, -0.15) is 4.98 Å². The molecule has 2 aromatic rings. The van der Waals surface area contributed by atoms with E-state index in [2.05, 4.69) is 27.1 Å². The van der Waals surface area contributed by atoms with Gasteiger partial charge in [-0.15, -0.1) is 0 Å². The first-order valence-electron chi connectivity index (χ1n) is 11.8. The van der Waals surface area contributed by atoms with Crippen LogP contribution in [0.2, 0.25) is 0 Å². The highest BCUT2D eigenvalue weighted by atomic mass is 16.5. The molecule has 0 atom stereocenters. The molecule has 0 aliphatic carbocycles. The summed E-state index contributed by atoms with van der Waals surface area (Å²) in [6, 6.07) is 5.31. The molecule has 2 aliphatic rings. The molecule has 0 saturated carbocycles. The fraction of sp³-hybridized carbons (Fsp3) is 0.542. The van der Waals surface area contributed by atoms with E-state index in [1.54, 1.807) is 30.1 Å². The molecule has 1 aromatic carbocycles. The third-order valence-corrected chi connectivity index (χ3v) is 6.38. The second-order valence-electron chi connectivity index (χ2n) is 8.65. The van der Waals surface area contributed by atoms with Crippen molar-refractivity contribution in [2.75, 3.05) is 82.2 Å². The Balaban J connectivity index is 1.43. The predicted molar refractivity (Wildman–Crippen MR) is 133 cm³/mol. The van der Waals surface area contributed by atoms with Crippen LogP contribution in [0.25, 0.3) is 0 Å². The number of amides is 2. The van der Waals surface area contributed by atoms with E-state index in [0.717, 1.165) is 51.3 Å². The molecule has 1 aromatic heterocycles. The number of piperazine rings is 1. The third-order valence-electron chi connectivity index (χ3n) is 6.38. The zero-order chi connectivity index (χ0) is 24.1. The van der Waals surface area contributed by atoms with Crippen LogP contribution in [0.4, 0.5) is 22.2 Å². The summed E-state index contributed by atoms with van der Waals surface area (Å²) in [5, 5.41) is 3.33. The summed E-state index contributed by atoms with van der Waals surface area (Å²) >= 11 is 0. The second kappa shape index (κ2) is 10.9. The number of nitrogens with one attached hydrogen (secondary N) is 1. The molecule has 10 heteroatoms. The number of fused-ring (bicyclic) bond motifs is 1. The van der Waals surface area contributed by atoms with Crippen molar-refractivity contribution in [2.45, 2.75) is 19.9 Å². The summed E-state index contributed by atoms with van der Waals surface area (Å²) in [6.07, 6.45) is 2.83. The van der Waals surface area contributed by atoms with Crippen LogP contribution in [0.5, 0.6) is 11.5 Å². The average molecular weight is 470 g/mol. The Kier molecular flexibility index (Phi) is 7.69. The molecule has 1 saturated heterocycles. The number of benzene rings is 1. The number of ether oxygens (including phenoxy) is 2. The molecule has 0 spiro atoms. The van der Waals surface area contributed by atoms with Gasteiger partial charge in [-0.05, 0) is 26.9 Å². The van der Waals surface area contributed by atoms with Gasteiger partial charge in [0.1, 0.15) is 17.3 Å². The predicted octanol–water partition coefficient (Wildman–Crippen LogP) is 2.51. The van der Waals surface area contributed by atoms with E-state index < -0.39 is 0 Å². The Morgan fingerprint density at radius 3 is 2.41 bits per heavy atom. The molecule has 1 N–H and O–H groups in total. The van der Waals surface area contributed by atoms with Crippen LogP contribution in [0.1, 0.15) is 18.9 Å². The zero-order valence-electron chi connectivity index (χ0n) is 20.6. The number of nitrogens with zero attached hydrogens (tertiary/aromatic N) is 6. The first kappa shape index (κ1) is 24.0. The minimum absolute atomic E-state index is 0.134. The van der Waals surface area contributed by atoms with Crippen LogP contribution in [-0.4, -0.2) is 92.9 Å². The molecule has 4 rings (SSSR count). The Bertz CT molecular complexity index is 972. The van der Waals surface area contributed by atoms with Crippen molar-refractivity contribution >= 4 is 23.5 Å². The third kappa shape index (κ3) is 5.34. The minimum atomic E-state index is -0.134. The standard InChI is InChI=1S/C24H35N7O3/c1-5-30-22-18(17-31(24(30)32)19-13-20(33-3)15-21(14-19)34-4)16-26-23(27-22)25-7-6-8-29-11-9-28(2)10-12-29/h13-16H,5-12,17H2,1-4H3,(H,25,26,27). The SMILES string of the molecule is CCN1C(=O)N(c2cc(OC)cc(OC)c2)Cc2cnc(NCCCN3CCN(C)CC3)nc21. The van der Waals surface area contributed by atoms with Gasteiger partial charge in [0, 0.05) is 69.2 Å². The van der Waals surface area contributed by atoms with Crippen molar-refractivity contribution in [2.24, 2.45) is 0 Å². The molecule has 3 heterocycles. The minimum Gasteiger partial charge on any atom is -0.497 e. The van der Waals surface area contributed by atoms with Crippen molar-refractivity contribution in [1.82, 2.24) is 19.8 Å². The molecule has 1 fully saturated rings. The van der Waals surface area contributed by atoms with Gasteiger partial charge in [-0.1, -0.05) is 0 Å². The van der Waals surface area contributed by atoms with E-state index in [4.69, 9.17) is 14.5 Å². The lowest BCUT2D eigenvalue weighted by atomic mass is 10.1. The first-order chi connectivity index (χ1) is 16.5. The van der Waals surface area contributed by atoms with Gasteiger partial charge in [0.05, 0.1) is 26.5 Å². The molecule has 34 heavy (non-hydrogen) atoms.